The van der Waals surface area contributed by atoms with Crippen LogP contribution in [0.1, 0.15) is 39.5 Å². The zero-order valence-electron chi connectivity index (χ0n) is 31.9. The van der Waals surface area contributed by atoms with Crippen LogP contribution >= 0.6 is 23.1 Å². The normalized spacial score (nSPS) is 14.9. The third-order valence-corrected chi connectivity index (χ3v) is 13.7. The Morgan fingerprint density at radius 3 is 1.93 bits per heavy atom. The zero-order valence-corrected chi connectivity index (χ0v) is 33.5. The van der Waals surface area contributed by atoms with E-state index < -0.39 is 5.60 Å². The number of carbonyl (C=O) groups excluding carboxylic acids is 1. The Hall–Kier alpha value is -6.53. The van der Waals surface area contributed by atoms with Crippen LogP contribution in [-0.2, 0) is 5.60 Å². The molecule has 1 aromatic heterocycles. The fourth-order valence-electron chi connectivity index (χ4n) is 8.22. The van der Waals surface area contributed by atoms with E-state index in [0.29, 0.717) is 5.56 Å². The van der Waals surface area contributed by atoms with E-state index in [1.165, 1.54) is 0 Å². The number of benzene rings is 8. The summed E-state index contributed by atoms with van der Waals surface area (Å²) in [4.78, 5) is 27.3. The van der Waals surface area contributed by atoms with Crippen LogP contribution in [0.5, 0.6) is 5.75 Å². The molecule has 0 N–H and O–H groups in total. The number of carbonyl (C=O) groups is 1. The van der Waals surface area contributed by atoms with Crippen LogP contribution < -0.4 is 10.2 Å². The quantitative estimate of drug-likeness (QED) is 0.119. The van der Waals surface area contributed by atoms with Gasteiger partial charge in [0.2, 0.25) is 0 Å². The van der Waals surface area contributed by atoms with Gasteiger partial charge < -0.3 is 4.74 Å². The monoisotopic (exact) mass is 784 g/mol. The lowest BCUT2D eigenvalue weighted by molar-refractivity contribution is 0.112. The van der Waals surface area contributed by atoms with Crippen LogP contribution in [0, 0.1) is 6.92 Å². The number of ether oxygens (including phenoxy) is 1. The summed E-state index contributed by atoms with van der Waals surface area (Å²) in [7, 11) is 0. The van der Waals surface area contributed by atoms with Gasteiger partial charge >= 0.3 is 0 Å². The van der Waals surface area contributed by atoms with Gasteiger partial charge in [-0.25, -0.2) is 0 Å². The first-order valence-corrected chi connectivity index (χ1v) is 20.9. The minimum Gasteiger partial charge on any atom is -0.472 e. The van der Waals surface area contributed by atoms with Crippen LogP contribution in [0.25, 0.3) is 58.8 Å². The van der Waals surface area contributed by atoms with Gasteiger partial charge in [0.1, 0.15) is 5.75 Å². The van der Waals surface area contributed by atoms with Gasteiger partial charge in [-0.05, 0) is 95.1 Å². The van der Waals surface area contributed by atoms with E-state index in [0.717, 1.165) is 103 Å². The Morgan fingerprint density at radius 1 is 0.569 bits per heavy atom. The van der Waals surface area contributed by atoms with Gasteiger partial charge in [0.15, 0.2) is 17.3 Å². The molecule has 58 heavy (non-hydrogen) atoms. The molecule has 0 saturated carbocycles. The lowest BCUT2D eigenvalue weighted by atomic mass is 9.80. The molecule has 8 aromatic carbocycles. The summed E-state index contributed by atoms with van der Waals surface area (Å²) in [6.45, 7) is 4.29. The molecule has 1 aliphatic rings. The smallest absolute Gasteiger partial charge is 0.195 e. The average Bonchev–Trinajstić information content (AvgIpc) is 3.27. The molecule has 5 heteroatoms. The van der Waals surface area contributed by atoms with E-state index in [-0.39, 0.29) is 5.43 Å². The molecule has 0 spiro atoms. The number of rotatable bonds is 7. The maximum absolute atomic E-state index is 13.6. The van der Waals surface area contributed by atoms with Crippen molar-refractivity contribution in [3.63, 3.8) is 0 Å². The minimum atomic E-state index is -0.910. The van der Waals surface area contributed by atoms with Crippen molar-refractivity contribution in [2.45, 2.75) is 29.2 Å². The molecule has 1 aliphatic heterocycles. The Bertz CT molecular complexity index is 3180. The SMILES string of the molecule is CC1=CC(c2ccc(-c3ccc(Sc4ccccc4C=O)c(C)c3)cc2)(c2ccc(-c3ccc4sc5ccccc5c(=O)c4c3)cc2)Oc2c1ccc1ccccc21. The van der Waals surface area contributed by atoms with Crippen LogP contribution in [-0.4, -0.2) is 6.29 Å². The number of aldehydes is 1. The molecular weight excluding hydrogens is 749 g/mol. The Balaban J connectivity index is 1.04. The van der Waals surface area contributed by atoms with Crippen molar-refractivity contribution < 1.29 is 9.53 Å². The molecule has 0 fully saturated rings. The second-order valence-corrected chi connectivity index (χ2v) is 17.0. The first-order valence-electron chi connectivity index (χ1n) is 19.3. The topological polar surface area (TPSA) is 43.4 Å². The van der Waals surface area contributed by atoms with E-state index in [1.807, 2.05) is 54.6 Å². The lowest BCUT2D eigenvalue weighted by Crippen LogP contribution is -2.35. The van der Waals surface area contributed by atoms with E-state index in [1.54, 1.807) is 23.1 Å². The number of fused-ring (bicyclic) bond motifs is 5. The Morgan fingerprint density at radius 2 is 1.19 bits per heavy atom. The molecule has 1 unspecified atom stereocenters. The summed E-state index contributed by atoms with van der Waals surface area (Å²) in [6.07, 6.45) is 3.17. The molecule has 3 nitrogen and oxygen atoms in total. The molecular formula is C53H36O3S2. The highest BCUT2D eigenvalue weighted by Gasteiger charge is 2.39. The van der Waals surface area contributed by atoms with Crippen LogP contribution in [0.2, 0.25) is 0 Å². The molecule has 0 radical (unpaired) electrons. The molecule has 0 amide bonds. The highest BCUT2D eigenvalue weighted by atomic mass is 32.2. The summed E-state index contributed by atoms with van der Waals surface area (Å²) in [5.41, 5.74) is 9.51. The Kier molecular flexibility index (Phi) is 8.93. The van der Waals surface area contributed by atoms with E-state index in [4.69, 9.17) is 4.74 Å². The second-order valence-electron chi connectivity index (χ2n) is 14.9. The van der Waals surface area contributed by atoms with E-state index in [9.17, 15) is 9.59 Å². The molecule has 9 aromatic rings. The number of allylic oxidation sites excluding steroid dienone is 1. The predicted molar refractivity (Wildman–Crippen MR) is 243 cm³/mol. The van der Waals surface area contributed by atoms with Crippen molar-refractivity contribution >= 4 is 65.9 Å². The third-order valence-electron chi connectivity index (χ3n) is 11.3. The van der Waals surface area contributed by atoms with Gasteiger partial charge in [-0.15, -0.1) is 11.3 Å². The van der Waals surface area contributed by atoms with Crippen LogP contribution in [0.15, 0.2) is 191 Å². The molecule has 1 atom stereocenters. The summed E-state index contributed by atoms with van der Waals surface area (Å²) >= 11 is 3.27. The molecule has 278 valence electrons. The van der Waals surface area contributed by atoms with Crippen molar-refractivity contribution in [1.29, 1.82) is 0 Å². The highest BCUT2D eigenvalue weighted by molar-refractivity contribution is 7.99. The van der Waals surface area contributed by atoms with Crippen molar-refractivity contribution in [2.24, 2.45) is 0 Å². The molecule has 10 rings (SSSR count). The minimum absolute atomic E-state index is 0.0673. The van der Waals surface area contributed by atoms with Crippen LogP contribution in [0.3, 0.4) is 0 Å². The largest absolute Gasteiger partial charge is 0.472 e. The fraction of sp³-hybridized carbons (Fsp3) is 0.0566. The standard InChI is InChI=1S/C53H36O3S2/c1-33-29-38(20-27-47(33)57-48-13-7-4-10-40(48)32-54)35-15-22-41(23-16-35)53(31-34(2)43-26-19-37-9-3-5-11-44(37)52(43)56-53)42-24-17-36(18-25-42)39-21-28-50-46(30-39)51(55)45-12-6-8-14-49(45)58-50/h3-32H,1-2H3. The second kappa shape index (κ2) is 14.4. The maximum Gasteiger partial charge on any atom is 0.195 e. The maximum atomic E-state index is 13.6. The first kappa shape index (κ1) is 35.9. The van der Waals surface area contributed by atoms with Gasteiger partial charge in [-0.2, -0.15) is 0 Å². The zero-order chi connectivity index (χ0) is 39.4. The number of aryl methyl sites for hydroxylation is 1. The van der Waals surface area contributed by atoms with Gasteiger partial charge in [-0.3, -0.25) is 9.59 Å². The van der Waals surface area contributed by atoms with Gasteiger partial charge in [0.25, 0.3) is 0 Å². The lowest BCUT2D eigenvalue weighted by Gasteiger charge is -2.38. The average molecular weight is 785 g/mol. The van der Waals surface area contributed by atoms with Crippen molar-refractivity contribution in [3.05, 3.63) is 214 Å². The summed E-state index contributed by atoms with van der Waals surface area (Å²) in [5, 5.41) is 3.71. The van der Waals surface area contributed by atoms with Gasteiger partial charge in [0.05, 0.1) is 0 Å². The van der Waals surface area contributed by atoms with Gasteiger partial charge in [0, 0.05) is 57.6 Å². The Labute approximate surface area is 344 Å². The molecule has 2 heterocycles. The van der Waals surface area contributed by atoms with E-state index >= 15 is 0 Å². The van der Waals surface area contributed by atoms with Crippen molar-refractivity contribution in [3.8, 4) is 28.0 Å². The summed E-state index contributed by atoms with van der Waals surface area (Å²) in [6, 6.07) is 58.3. The number of hydrogen-bond acceptors (Lipinski definition) is 5. The van der Waals surface area contributed by atoms with Gasteiger partial charge in [-0.1, -0.05) is 145 Å². The highest BCUT2D eigenvalue weighted by Crippen LogP contribution is 2.48. The number of hydrogen-bond donors (Lipinski definition) is 0. The molecule has 0 bridgehead atoms. The third kappa shape index (κ3) is 6.15. The van der Waals surface area contributed by atoms with Crippen molar-refractivity contribution in [1.82, 2.24) is 0 Å². The predicted octanol–water partition coefficient (Wildman–Crippen LogP) is 13.9. The summed E-state index contributed by atoms with van der Waals surface area (Å²) < 4.78 is 9.33. The van der Waals surface area contributed by atoms with Crippen LogP contribution in [0.4, 0.5) is 0 Å². The van der Waals surface area contributed by atoms with Crippen molar-refractivity contribution in [2.75, 3.05) is 0 Å². The fourth-order valence-corrected chi connectivity index (χ4v) is 10.2. The van der Waals surface area contributed by atoms with E-state index in [2.05, 4.69) is 135 Å². The molecule has 0 aliphatic carbocycles. The molecule has 0 saturated heterocycles. The summed E-state index contributed by atoms with van der Waals surface area (Å²) in [5.74, 6) is 0.872. The first-order chi connectivity index (χ1) is 28.4.